The minimum atomic E-state index is -0.105. The Hall–Kier alpha value is -1.92. The molecule has 2 aromatic heterocycles. The van der Waals surface area contributed by atoms with Crippen molar-refractivity contribution < 1.29 is 9.90 Å². The summed E-state index contributed by atoms with van der Waals surface area (Å²) in [5, 5.41) is 17.5. The molecule has 1 aliphatic carbocycles. The lowest BCUT2D eigenvalue weighted by atomic mass is 9.86. The van der Waals surface area contributed by atoms with Gasteiger partial charge in [0.1, 0.15) is 0 Å². The van der Waals surface area contributed by atoms with Crippen LogP contribution in [0.4, 0.5) is 0 Å². The monoisotopic (exact) mass is 376 g/mol. The number of nitrogens with zero attached hydrogens (tertiary/aromatic N) is 3. The first-order valence-electron chi connectivity index (χ1n) is 9.03. The van der Waals surface area contributed by atoms with E-state index in [0.29, 0.717) is 22.2 Å². The Morgan fingerprint density at radius 1 is 1.31 bits per heavy atom. The third kappa shape index (κ3) is 4.43. The quantitative estimate of drug-likeness (QED) is 0.840. The maximum absolute atomic E-state index is 12.5. The van der Waals surface area contributed by atoms with Gasteiger partial charge < -0.3 is 10.4 Å². The van der Waals surface area contributed by atoms with Crippen molar-refractivity contribution in [2.45, 2.75) is 58.7 Å². The van der Waals surface area contributed by atoms with E-state index in [0.717, 1.165) is 43.6 Å². The third-order valence-electron chi connectivity index (χ3n) is 5.06. The van der Waals surface area contributed by atoms with Crippen LogP contribution in [0.5, 0.6) is 0 Å². The van der Waals surface area contributed by atoms with Gasteiger partial charge in [0.15, 0.2) is 0 Å². The number of carbonyl (C=O) groups is 1. The Morgan fingerprint density at radius 2 is 2.04 bits per heavy atom. The second kappa shape index (κ2) is 8.18. The highest BCUT2D eigenvalue weighted by Gasteiger charge is 2.24. The van der Waals surface area contributed by atoms with Gasteiger partial charge in [0.05, 0.1) is 34.3 Å². The number of halogens is 1. The van der Waals surface area contributed by atoms with E-state index in [1.165, 1.54) is 0 Å². The van der Waals surface area contributed by atoms with Crippen molar-refractivity contribution in [3.8, 4) is 0 Å². The molecule has 2 N–H and O–H groups in total. The number of aliphatic hydroxyl groups excluding tert-OH is 1. The van der Waals surface area contributed by atoms with Gasteiger partial charge in [-0.3, -0.25) is 14.5 Å². The second-order valence-corrected chi connectivity index (χ2v) is 7.53. The first-order chi connectivity index (χ1) is 12.5. The van der Waals surface area contributed by atoms with Gasteiger partial charge in [-0.15, -0.1) is 0 Å². The van der Waals surface area contributed by atoms with Crippen molar-refractivity contribution in [1.82, 2.24) is 20.1 Å². The van der Waals surface area contributed by atoms with E-state index in [-0.39, 0.29) is 18.6 Å². The normalized spacial score (nSPS) is 20.2. The van der Waals surface area contributed by atoms with E-state index < -0.39 is 0 Å². The summed E-state index contributed by atoms with van der Waals surface area (Å²) in [7, 11) is 0. The molecule has 0 radical (unpaired) electrons. The summed E-state index contributed by atoms with van der Waals surface area (Å²) in [5.74, 6) is 0.411. The molecule has 0 spiro atoms. The Bertz CT molecular complexity index is 782. The molecule has 0 saturated heterocycles. The molecule has 1 aliphatic rings. The fourth-order valence-corrected chi connectivity index (χ4v) is 3.78. The van der Waals surface area contributed by atoms with E-state index in [1.807, 2.05) is 24.6 Å². The Morgan fingerprint density at radius 3 is 2.73 bits per heavy atom. The average Bonchev–Trinajstić information content (AvgIpc) is 2.98. The van der Waals surface area contributed by atoms with Gasteiger partial charge in [0.25, 0.3) is 5.91 Å². The number of aryl methyl sites for hydroxylation is 2. The lowest BCUT2D eigenvalue weighted by Gasteiger charge is -2.29. The predicted octanol–water partition coefficient (Wildman–Crippen LogP) is 3.03. The first kappa shape index (κ1) is 18.9. The molecule has 7 heteroatoms. The highest BCUT2D eigenvalue weighted by atomic mass is 35.5. The summed E-state index contributed by atoms with van der Waals surface area (Å²) in [6, 6.07) is 3.77. The zero-order chi connectivity index (χ0) is 18.7. The van der Waals surface area contributed by atoms with Crippen molar-refractivity contribution in [3.63, 3.8) is 0 Å². The van der Waals surface area contributed by atoms with Crippen LogP contribution in [0.2, 0.25) is 5.02 Å². The number of rotatable bonds is 5. The van der Waals surface area contributed by atoms with Crippen LogP contribution in [0.3, 0.4) is 0 Å². The van der Waals surface area contributed by atoms with Crippen molar-refractivity contribution in [1.29, 1.82) is 0 Å². The molecule has 2 heterocycles. The molecule has 6 nitrogen and oxygen atoms in total. The minimum absolute atomic E-state index is 0.0132. The fraction of sp³-hybridized carbons (Fsp3) is 0.526. The Kier molecular flexibility index (Phi) is 5.94. The van der Waals surface area contributed by atoms with Crippen molar-refractivity contribution in [2.75, 3.05) is 0 Å². The number of carbonyl (C=O) groups excluding carboxylic acids is 1. The maximum atomic E-state index is 12.5. The molecule has 140 valence electrons. The smallest absolute Gasteiger partial charge is 0.253 e. The highest BCUT2D eigenvalue weighted by molar-refractivity contribution is 6.30. The Balaban J connectivity index is 1.53. The number of pyridine rings is 1. The maximum Gasteiger partial charge on any atom is 0.253 e. The van der Waals surface area contributed by atoms with Gasteiger partial charge in [0.2, 0.25) is 0 Å². The van der Waals surface area contributed by atoms with Crippen LogP contribution in [-0.2, 0) is 13.2 Å². The van der Waals surface area contributed by atoms with Gasteiger partial charge in [0, 0.05) is 18.8 Å². The lowest BCUT2D eigenvalue weighted by Crippen LogP contribution is -2.38. The predicted molar refractivity (Wildman–Crippen MR) is 100 cm³/mol. The number of hydrogen-bond donors (Lipinski definition) is 2. The molecule has 0 unspecified atom stereocenters. The molecule has 0 aromatic carbocycles. The average molecular weight is 377 g/mol. The molecule has 1 amide bonds. The van der Waals surface area contributed by atoms with Gasteiger partial charge in [-0.25, -0.2) is 0 Å². The minimum Gasteiger partial charge on any atom is -0.390 e. The number of aliphatic hydroxyl groups is 1. The van der Waals surface area contributed by atoms with Crippen LogP contribution in [0.25, 0.3) is 0 Å². The van der Waals surface area contributed by atoms with Crippen LogP contribution in [-0.4, -0.2) is 31.8 Å². The second-order valence-electron chi connectivity index (χ2n) is 7.09. The number of amides is 1. The van der Waals surface area contributed by atoms with Crippen LogP contribution < -0.4 is 5.32 Å². The molecule has 0 atom stereocenters. The first-order valence-corrected chi connectivity index (χ1v) is 9.41. The summed E-state index contributed by atoms with van der Waals surface area (Å²) in [6.07, 6.45) is 5.50. The van der Waals surface area contributed by atoms with Gasteiger partial charge >= 0.3 is 0 Å². The zero-order valence-electron chi connectivity index (χ0n) is 15.2. The van der Waals surface area contributed by atoms with E-state index in [2.05, 4.69) is 15.4 Å². The molecular weight excluding hydrogens is 352 g/mol. The molecule has 26 heavy (non-hydrogen) atoms. The molecule has 1 saturated carbocycles. The summed E-state index contributed by atoms with van der Waals surface area (Å²) in [6.45, 7) is 4.59. The van der Waals surface area contributed by atoms with E-state index >= 15 is 0 Å². The molecule has 2 aromatic rings. The summed E-state index contributed by atoms with van der Waals surface area (Å²) in [4.78, 5) is 16.6. The van der Waals surface area contributed by atoms with E-state index in [9.17, 15) is 9.90 Å². The molecular formula is C19H25ClN4O2. The van der Waals surface area contributed by atoms with Crippen LogP contribution in [0, 0.1) is 19.8 Å². The van der Waals surface area contributed by atoms with Gasteiger partial charge in [-0.05, 0) is 57.6 Å². The van der Waals surface area contributed by atoms with E-state index in [4.69, 9.17) is 11.6 Å². The largest absolute Gasteiger partial charge is 0.390 e. The summed E-state index contributed by atoms with van der Waals surface area (Å²) in [5.41, 5.74) is 3.02. The van der Waals surface area contributed by atoms with Crippen LogP contribution in [0.15, 0.2) is 18.3 Å². The molecule has 1 fully saturated rings. The standard InChI is InChI=1S/C19H25ClN4O2/c1-12-7-17(11-25)24(23-12)10-14-3-5-16(6-4-14)22-19(26)18-8-15(20)9-21-13(18)2/h7-9,14,16,25H,3-6,10-11H2,1-2H3,(H,22,26). The van der Waals surface area contributed by atoms with Gasteiger partial charge in [-0.2, -0.15) is 5.10 Å². The van der Waals surface area contributed by atoms with Crippen molar-refractivity contribution in [2.24, 2.45) is 5.92 Å². The molecule has 0 aliphatic heterocycles. The zero-order valence-corrected chi connectivity index (χ0v) is 16.0. The van der Waals surface area contributed by atoms with E-state index in [1.54, 1.807) is 12.3 Å². The molecule has 3 rings (SSSR count). The highest BCUT2D eigenvalue weighted by Crippen LogP contribution is 2.26. The molecule has 0 bridgehead atoms. The number of aromatic nitrogens is 3. The van der Waals surface area contributed by atoms with Crippen molar-refractivity contribution in [3.05, 3.63) is 46.0 Å². The lowest BCUT2D eigenvalue weighted by molar-refractivity contribution is 0.0918. The number of hydrogen-bond acceptors (Lipinski definition) is 4. The summed E-state index contributed by atoms with van der Waals surface area (Å²) >= 11 is 5.96. The van der Waals surface area contributed by atoms with Crippen LogP contribution >= 0.6 is 11.6 Å². The van der Waals surface area contributed by atoms with Crippen molar-refractivity contribution >= 4 is 17.5 Å². The number of nitrogens with one attached hydrogen (secondary N) is 1. The summed E-state index contributed by atoms with van der Waals surface area (Å²) < 4.78 is 1.92. The third-order valence-corrected chi connectivity index (χ3v) is 5.27. The van der Waals surface area contributed by atoms with Gasteiger partial charge in [-0.1, -0.05) is 11.6 Å². The topological polar surface area (TPSA) is 80.0 Å². The SMILES string of the molecule is Cc1cc(CO)n(CC2CCC(NC(=O)c3cc(Cl)cnc3C)CC2)n1. The fourth-order valence-electron chi connectivity index (χ4n) is 3.62. The Labute approximate surface area is 158 Å². The van der Waals surface area contributed by atoms with Crippen LogP contribution in [0.1, 0.15) is 53.1 Å².